The van der Waals surface area contributed by atoms with Crippen molar-refractivity contribution in [3.63, 3.8) is 0 Å². The highest BCUT2D eigenvalue weighted by Gasteiger charge is 2.29. The summed E-state index contributed by atoms with van der Waals surface area (Å²) in [4.78, 5) is 45.0. The van der Waals surface area contributed by atoms with Crippen molar-refractivity contribution in [1.29, 1.82) is 0 Å². The van der Waals surface area contributed by atoms with Crippen molar-refractivity contribution in [3.8, 4) is 11.5 Å². The maximum absolute atomic E-state index is 11.9. The third-order valence-corrected chi connectivity index (χ3v) is 10.1. The van der Waals surface area contributed by atoms with Gasteiger partial charge in [0.2, 0.25) is 11.8 Å². The number of hydrogen-bond donors (Lipinski definition) is 4. The van der Waals surface area contributed by atoms with Crippen LogP contribution < -0.4 is 20.1 Å². The van der Waals surface area contributed by atoms with Gasteiger partial charge in [-0.2, -0.15) is 0 Å². The summed E-state index contributed by atoms with van der Waals surface area (Å²) in [5.74, 6) is -0.302. The van der Waals surface area contributed by atoms with Gasteiger partial charge in [-0.1, -0.05) is 30.3 Å². The number of amides is 2. The van der Waals surface area contributed by atoms with Gasteiger partial charge in [0.15, 0.2) is 0 Å². The van der Waals surface area contributed by atoms with Crippen LogP contribution >= 0.6 is 63.7 Å². The molecule has 1 aliphatic rings. The number of carboxylic acid groups (broad SMARTS) is 2. The molecule has 4 aromatic carbocycles. The first-order valence-corrected chi connectivity index (χ1v) is 20.1. The van der Waals surface area contributed by atoms with Crippen LogP contribution in [0.2, 0.25) is 0 Å². The molecule has 0 aromatic heterocycles. The number of carbonyl (C=O) groups excluding carboxylic acids is 2. The Kier molecular flexibility index (Phi) is 16.8. The molecule has 1 aliphatic carbocycles. The van der Waals surface area contributed by atoms with Gasteiger partial charge in [-0.15, -0.1) is 0 Å². The summed E-state index contributed by atoms with van der Waals surface area (Å²) >= 11 is 13.9. The topological polar surface area (TPSA) is 151 Å². The van der Waals surface area contributed by atoms with E-state index in [1.54, 1.807) is 13.0 Å². The normalized spacial score (nSPS) is 12.0. The van der Waals surface area contributed by atoms with Gasteiger partial charge in [-0.05, 0) is 173 Å². The Balaban J connectivity index is 0.000000241. The molecule has 0 aliphatic heterocycles. The molecular weight excluding hydrogens is 956 g/mol. The molecule has 4 aromatic rings. The van der Waals surface area contributed by atoms with E-state index >= 15 is 0 Å². The zero-order chi connectivity index (χ0) is 39.2. The van der Waals surface area contributed by atoms with Crippen LogP contribution in [0.3, 0.4) is 0 Å². The second kappa shape index (κ2) is 21.2. The summed E-state index contributed by atoms with van der Waals surface area (Å²) in [7, 11) is 0. The predicted molar refractivity (Wildman–Crippen MR) is 222 cm³/mol. The maximum atomic E-state index is 11.9. The van der Waals surface area contributed by atoms with Crippen LogP contribution in [-0.2, 0) is 45.2 Å². The molecule has 0 saturated heterocycles. The van der Waals surface area contributed by atoms with Crippen LogP contribution in [0.25, 0.3) is 0 Å². The molecule has 1 saturated carbocycles. The van der Waals surface area contributed by atoms with Crippen LogP contribution in [0.4, 0.5) is 11.4 Å². The first-order chi connectivity index (χ1) is 25.8. The van der Waals surface area contributed by atoms with Crippen LogP contribution in [0.5, 0.6) is 11.5 Å². The van der Waals surface area contributed by atoms with E-state index in [0.717, 1.165) is 58.7 Å². The van der Waals surface area contributed by atoms with Gasteiger partial charge in [-0.25, -0.2) is 0 Å². The monoisotopic (exact) mass is 990 g/mol. The Morgan fingerprint density at radius 1 is 0.667 bits per heavy atom. The minimum atomic E-state index is -0.830. The van der Waals surface area contributed by atoms with E-state index in [2.05, 4.69) is 74.4 Å². The van der Waals surface area contributed by atoms with E-state index < -0.39 is 11.9 Å². The average Bonchev–Trinajstić information content (AvgIpc) is 3.96. The first-order valence-electron chi connectivity index (χ1n) is 16.9. The number of rotatable bonds is 16. The van der Waals surface area contributed by atoms with Crippen LogP contribution in [0.1, 0.15) is 54.9 Å². The van der Waals surface area contributed by atoms with Gasteiger partial charge in [-0.3, -0.25) is 19.2 Å². The maximum Gasteiger partial charge on any atom is 0.303 e. The lowest BCUT2D eigenvalue weighted by Gasteiger charge is -2.13. The lowest BCUT2D eigenvalue weighted by Crippen LogP contribution is -2.13. The molecule has 14 heteroatoms. The fourth-order valence-electron chi connectivity index (χ4n) is 5.01. The molecule has 5 rings (SSSR count). The predicted octanol–water partition coefficient (Wildman–Crippen LogP) is 10.5. The Morgan fingerprint density at radius 3 is 1.48 bits per heavy atom. The number of ether oxygens (including phenoxy) is 2. The number of anilines is 2. The van der Waals surface area contributed by atoms with Crippen molar-refractivity contribution in [2.75, 3.05) is 10.6 Å². The molecule has 2 amide bonds. The zero-order valence-electron chi connectivity index (χ0n) is 29.2. The third kappa shape index (κ3) is 14.3. The molecule has 0 spiro atoms. The lowest BCUT2D eigenvalue weighted by atomic mass is 10.1. The molecule has 0 heterocycles. The van der Waals surface area contributed by atoms with E-state index in [-0.39, 0.29) is 30.6 Å². The number of aryl methyl sites for hydroxylation is 2. The molecule has 10 nitrogen and oxygen atoms in total. The molecule has 0 atom stereocenters. The van der Waals surface area contributed by atoms with Gasteiger partial charge in [0, 0.05) is 30.1 Å². The van der Waals surface area contributed by atoms with Crippen molar-refractivity contribution in [2.45, 2.75) is 58.7 Å². The van der Waals surface area contributed by atoms with Gasteiger partial charge < -0.3 is 30.3 Å². The fourth-order valence-corrected chi connectivity index (χ4v) is 8.03. The van der Waals surface area contributed by atoms with E-state index in [1.807, 2.05) is 72.8 Å². The number of carboxylic acids is 2. The Hall–Kier alpha value is -3.98. The Bertz CT molecular complexity index is 1970. The molecular formula is C40H38Br4N2O8. The number of allylic oxidation sites excluding steroid dienone is 1. The highest BCUT2D eigenvalue weighted by Crippen LogP contribution is 2.37. The Morgan fingerprint density at radius 2 is 1.09 bits per heavy atom. The largest absolute Gasteiger partial charge is 0.487 e. The molecule has 54 heavy (non-hydrogen) atoms. The van der Waals surface area contributed by atoms with Crippen LogP contribution in [0, 0.1) is 5.92 Å². The molecule has 1 fully saturated rings. The second-order valence-electron chi connectivity index (χ2n) is 12.3. The molecule has 4 N–H and O–H groups in total. The van der Waals surface area contributed by atoms with Crippen LogP contribution in [0.15, 0.2) is 103 Å². The van der Waals surface area contributed by atoms with E-state index in [9.17, 15) is 19.2 Å². The van der Waals surface area contributed by atoms with Crippen molar-refractivity contribution < 1.29 is 38.9 Å². The van der Waals surface area contributed by atoms with Gasteiger partial charge >= 0.3 is 11.9 Å². The summed E-state index contributed by atoms with van der Waals surface area (Å²) in [6.45, 7) is 2.45. The number of benzene rings is 4. The van der Waals surface area contributed by atoms with E-state index in [4.69, 9.17) is 19.7 Å². The third-order valence-electron chi connectivity index (χ3n) is 7.79. The average molecular weight is 994 g/mol. The zero-order valence-corrected chi connectivity index (χ0v) is 35.5. The fraction of sp³-hybridized carbons (Fsp3) is 0.250. The summed E-state index contributed by atoms with van der Waals surface area (Å²) in [5.41, 5.74) is 5.13. The summed E-state index contributed by atoms with van der Waals surface area (Å²) < 4.78 is 14.8. The lowest BCUT2D eigenvalue weighted by molar-refractivity contribution is -0.138. The summed E-state index contributed by atoms with van der Waals surface area (Å²) in [5, 5.41) is 23.3. The van der Waals surface area contributed by atoms with Crippen LogP contribution in [-0.4, -0.2) is 34.0 Å². The minimum Gasteiger partial charge on any atom is -0.487 e. The Labute approximate surface area is 347 Å². The van der Waals surface area contributed by atoms with Gasteiger partial charge in [0.25, 0.3) is 0 Å². The minimum absolute atomic E-state index is 0.0742. The summed E-state index contributed by atoms with van der Waals surface area (Å²) in [6.07, 6.45) is 6.14. The van der Waals surface area contributed by atoms with E-state index in [0.29, 0.717) is 43.2 Å². The quantitative estimate of drug-likeness (QED) is 0.0810. The molecule has 284 valence electrons. The highest BCUT2D eigenvalue weighted by atomic mass is 79.9. The standard InChI is InChI=1S/2C20H19Br2NO4/c21-16-9-12(4-7-18(24)25)10-17(22)19(16)27-11-13-2-1-3-15(8-13)23-20(26)14-5-6-14;1-2-4-18(24)23-15-6-3-5-14(9-15)12-27-20-16(21)10-13(11-17(20)22)7-8-19(25)26/h1-3,8-10,14H,4-7,11H2,(H,23,26)(H,24,25);2-6,9-11H,7-8,12H2,1H3,(H,23,24)(H,25,26)/b;4-2+. The SMILES string of the molecule is C/C=C/C(=O)Nc1cccc(COc2c(Br)cc(CCC(=O)O)cc2Br)c1.O=C(O)CCc1cc(Br)c(OCc2cccc(NC(=O)C3CC3)c2)c(Br)c1. The van der Waals surface area contributed by atoms with Crippen molar-refractivity contribution in [1.82, 2.24) is 0 Å². The molecule has 0 radical (unpaired) electrons. The number of halogens is 4. The smallest absolute Gasteiger partial charge is 0.303 e. The highest BCUT2D eigenvalue weighted by molar-refractivity contribution is 9.11. The first kappa shape index (κ1) is 42.8. The van der Waals surface area contributed by atoms with Gasteiger partial charge in [0.1, 0.15) is 24.7 Å². The number of nitrogens with one attached hydrogen (secondary N) is 2. The number of aliphatic carboxylic acids is 2. The van der Waals surface area contributed by atoms with Crippen molar-refractivity contribution in [3.05, 3.63) is 125 Å². The van der Waals surface area contributed by atoms with Crippen molar-refractivity contribution >= 4 is 98.8 Å². The van der Waals surface area contributed by atoms with Crippen molar-refractivity contribution in [2.24, 2.45) is 5.92 Å². The van der Waals surface area contributed by atoms with E-state index in [1.165, 1.54) is 6.08 Å². The molecule has 0 unspecified atom stereocenters. The number of hydrogen-bond acceptors (Lipinski definition) is 6. The second-order valence-corrected chi connectivity index (χ2v) is 15.7. The van der Waals surface area contributed by atoms with Gasteiger partial charge in [0.05, 0.1) is 17.9 Å². The summed E-state index contributed by atoms with van der Waals surface area (Å²) in [6, 6.07) is 22.5. The molecule has 0 bridgehead atoms. The number of carbonyl (C=O) groups is 4.